The van der Waals surface area contributed by atoms with Gasteiger partial charge in [0.25, 0.3) is 5.91 Å². The highest BCUT2D eigenvalue weighted by molar-refractivity contribution is 5.81. The Morgan fingerprint density at radius 3 is 1.24 bits per heavy atom. The molecule has 11 heteroatoms. The maximum atomic E-state index is 14.2. The highest BCUT2D eigenvalue weighted by Gasteiger charge is 2.25. The number of azide groups is 1. The van der Waals surface area contributed by atoms with Crippen LogP contribution in [0.5, 0.6) is 0 Å². The van der Waals surface area contributed by atoms with E-state index in [9.17, 15) is 4.79 Å². The third-order valence-electron chi connectivity index (χ3n) is 12.4. The molecule has 0 aromatic carbocycles. The van der Waals surface area contributed by atoms with Gasteiger partial charge in [-0.2, -0.15) is 0 Å². The third-order valence-corrected chi connectivity index (χ3v) is 12.4. The molecule has 0 radical (unpaired) electrons. The Kier molecular flexibility index (Phi) is 57.6. The van der Waals surface area contributed by atoms with Crippen molar-refractivity contribution in [1.29, 1.82) is 0 Å². The van der Waals surface area contributed by atoms with E-state index in [4.69, 9.17) is 34.0 Å². The first-order chi connectivity index (χ1) is 33.7. The summed E-state index contributed by atoms with van der Waals surface area (Å²) in [6.45, 7) is 13.5. The zero-order chi connectivity index (χ0) is 49.2. The minimum absolute atomic E-state index is 0.0305. The zero-order valence-electron chi connectivity index (χ0n) is 45.0. The number of unbranched alkanes of at least 4 members (excludes halogenated alkanes) is 29. The molecule has 400 valence electrons. The summed E-state index contributed by atoms with van der Waals surface area (Å²) < 4.78 is 35.1. The third kappa shape index (κ3) is 51.9. The normalized spacial score (nSPS) is 12.2. The van der Waals surface area contributed by atoms with E-state index < -0.39 is 6.10 Å². The highest BCUT2D eigenvalue weighted by Crippen LogP contribution is 2.14. The van der Waals surface area contributed by atoms with Crippen LogP contribution in [0.25, 0.3) is 10.4 Å². The second-order valence-corrected chi connectivity index (χ2v) is 18.8. The van der Waals surface area contributed by atoms with Crippen LogP contribution in [0.2, 0.25) is 0 Å². The van der Waals surface area contributed by atoms with Crippen molar-refractivity contribution < 1.29 is 33.2 Å². The Labute approximate surface area is 420 Å². The summed E-state index contributed by atoms with van der Waals surface area (Å²) in [5.74, 6) is 0.0305. The van der Waals surface area contributed by atoms with Gasteiger partial charge in [-0.1, -0.05) is 198 Å². The fourth-order valence-electron chi connectivity index (χ4n) is 8.11. The molecule has 1 atom stereocenters. The minimum atomic E-state index is -0.591. The van der Waals surface area contributed by atoms with Gasteiger partial charge >= 0.3 is 0 Å². The fourth-order valence-corrected chi connectivity index (χ4v) is 8.11. The minimum Gasteiger partial charge on any atom is -0.379 e. The topological polar surface area (TPSA) is 124 Å². The molecular formula is C57H110N4O7. The van der Waals surface area contributed by atoms with Gasteiger partial charge in [-0.25, -0.2) is 0 Å². The van der Waals surface area contributed by atoms with Crippen LogP contribution in [0.4, 0.5) is 0 Å². The van der Waals surface area contributed by atoms with Crippen molar-refractivity contribution >= 4 is 5.91 Å². The first-order valence-corrected chi connectivity index (χ1v) is 28.8. The molecule has 1 amide bonds. The van der Waals surface area contributed by atoms with Crippen molar-refractivity contribution in [2.45, 2.75) is 245 Å². The molecule has 0 fully saturated rings. The van der Waals surface area contributed by atoms with Crippen LogP contribution in [0.15, 0.2) is 29.4 Å². The van der Waals surface area contributed by atoms with Gasteiger partial charge < -0.3 is 33.3 Å². The summed E-state index contributed by atoms with van der Waals surface area (Å²) in [6, 6.07) is 0. The van der Waals surface area contributed by atoms with Gasteiger partial charge in [-0.3, -0.25) is 4.79 Å². The van der Waals surface area contributed by atoms with Gasteiger partial charge in [0.15, 0.2) is 6.10 Å². The van der Waals surface area contributed by atoms with Gasteiger partial charge in [0.2, 0.25) is 0 Å². The number of hydrogen-bond donors (Lipinski definition) is 0. The lowest BCUT2D eigenvalue weighted by Crippen LogP contribution is -2.45. The maximum Gasteiger partial charge on any atom is 0.254 e. The fraction of sp³-hybridized carbons (Fsp3) is 0.912. The first kappa shape index (κ1) is 66.0. The van der Waals surface area contributed by atoms with Gasteiger partial charge in [0.05, 0.1) is 59.5 Å². The molecule has 0 bridgehead atoms. The number of amides is 1. The molecule has 1 unspecified atom stereocenters. The van der Waals surface area contributed by atoms with Crippen molar-refractivity contribution in [3.63, 3.8) is 0 Å². The van der Waals surface area contributed by atoms with E-state index in [0.29, 0.717) is 92.3 Å². The predicted octanol–water partition coefficient (Wildman–Crippen LogP) is 16.0. The Hall–Kier alpha value is -1.98. The number of rotatable bonds is 58. The van der Waals surface area contributed by atoms with E-state index in [1.807, 2.05) is 4.90 Å². The van der Waals surface area contributed by atoms with Crippen molar-refractivity contribution in [1.82, 2.24) is 4.90 Å². The molecular weight excluding hydrogens is 853 g/mol. The van der Waals surface area contributed by atoms with E-state index in [1.165, 1.54) is 180 Å². The number of carbonyl (C=O) groups excluding carboxylic acids is 1. The Balaban J connectivity index is 4.82. The molecule has 11 nitrogen and oxygen atoms in total. The average Bonchev–Trinajstić information content (AvgIpc) is 3.35. The van der Waals surface area contributed by atoms with Crippen molar-refractivity contribution in [2.24, 2.45) is 5.11 Å². The first-order valence-electron chi connectivity index (χ1n) is 28.8. The molecule has 0 aromatic rings. The molecule has 0 aliphatic rings. The van der Waals surface area contributed by atoms with E-state index in [1.54, 1.807) is 0 Å². The van der Waals surface area contributed by atoms with Crippen LogP contribution in [-0.2, 0) is 33.2 Å². The lowest BCUT2D eigenvalue weighted by Gasteiger charge is -2.28. The van der Waals surface area contributed by atoms with Crippen LogP contribution in [0.3, 0.4) is 0 Å². The van der Waals surface area contributed by atoms with Crippen LogP contribution < -0.4 is 0 Å². The Morgan fingerprint density at radius 1 is 0.426 bits per heavy atom. The van der Waals surface area contributed by atoms with E-state index >= 15 is 0 Å². The summed E-state index contributed by atoms with van der Waals surface area (Å²) in [5, 5.41) is 3.44. The van der Waals surface area contributed by atoms with Gasteiger partial charge in [-0.15, -0.1) is 0 Å². The average molecular weight is 964 g/mol. The lowest BCUT2D eigenvalue weighted by molar-refractivity contribution is -0.149. The number of nitrogens with zero attached hydrogens (tertiary/aromatic N) is 4. The molecule has 0 spiro atoms. The summed E-state index contributed by atoms with van der Waals surface area (Å²) in [5.41, 5.74) is 8.31. The molecule has 0 aliphatic heterocycles. The summed E-state index contributed by atoms with van der Waals surface area (Å²) in [4.78, 5) is 18.9. The van der Waals surface area contributed by atoms with E-state index in [0.717, 1.165) is 38.5 Å². The maximum absolute atomic E-state index is 14.2. The molecule has 0 rings (SSSR count). The summed E-state index contributed by atoms with van der Waals surface area (Å²) in [7, 11) is 0. The monoisotopic (exact) mass is 963 g/mol. The van der Waals surface area contributed by atoms with Crippen LogP contribution in [-0.4, -0.2) is 109 Å². The van der Waals surface area contributed by atoms with Gasteiger partial charge in [-0.05, 0) is 76.2 Å². The van der Waals surface area contributed by atoms with Crippen LogP contribution in [0, 0.1) is 0 Å². The van der Waals surface area contributed by atoms with Crippen LogP contribution in [0.1, 0.15) is 239 Å². The Morgan fingerprint density at radius 2 is 0.794 bits per heavy atom. The zero-order valence-corrected chi connectivity index (χ0v) is 45.0. The SMILES string of the molecule is CCCCCCCC/C=C\CCCCCCCCOCC(OCCCCCCCC/C=C\CCCCCCCC)C(=O)N(CCCCCCCC)CCOCCOCCOCCOCCN=[N+]=[N-]. The van der Waals surface area contributed by atoms with Gasteiger partial charge in [0, 0.05) is 37.8 Å². The lowest BCUT2D eigenvalue weighted by atomic mass is 10.1. The largest absolute Gasteiger partial charge is 0.379 e. The molecule has 0 heterocycles. The molecule has 68 heavy (non-hydrogen) atoms. The smallest absolute Gasteiger partial charge is 0.254 e. The van der Waals surface area contributed by atoms with E-state index in [-0.39, 0.29) is 5.91 Å². The summed E-state index contributed by atoms with van der Waals surface area (Å²) in [6.07, 6.45) is 51.7. The van der Waals surface area contributed by atoms with Gasteiger partial charge in [0.1, 0.15) is 0 Å². The van der Waals surface area contributed by atoms with Crippen molar-refractivity contribution in [2.75, 3.05) is 92.3 Å². The van der Waals surface area contributed by atoms with Crippen LogP contribution >= 0.6 is 0 Å². The number of ether oxygens (including phenoxy) is 6. The predicted molar refractivity (Wildman–Crippen MR) is 287 cm³/mol. The highest BCUT2D eigenvalue weighted by atomic mass is 16.6. The number of hydrogen-bond acceptors (Lipinski definition) is 8. The second kappa shape index (κ2) is 59.3. The molecule has 0 aromatic heterocycles. The second-order valence-electron chi connectivity index (χ2n) is 18.8. The molecule has 0 aliphatic carbocycles. The summed E-state index contributed by atoms with van der Waals surface area (Å²) >= 11 is 0. The quantitative estimate of drug-likeness (QED) is 0.0195. The molecule has 0 saturated carbocycles. The molecule has 0 saturated heterocycles. The Bertz CT molecular complexity index is 1110. The van der Waals surface area contributed by atoms with Crippen molar-refractivity contribution in [3.8, 4) is 0 Å². The number of carbonyl (C=O) groups is 1. The van der Waals surface area contributed by atoms with E-state index in [2.05, 4.69) is 55.1 Å². The van der Waals surface area contributed by atoms with Crippen molar-refractivity contribution in [3.05, 3.63) is 34.7 Å². The molecule has 0 N–H and O–H groups in total. The standard InChI is InChI=1S/C57H110N4O7/c1-4-7-10-13-16-18-20-22-24-26-28-30-32-34-37-40-45-67-55-56(68-46-41-38-35-33-31-29-27-25-23-21-19-17-14-11-8-5-2)57(62)61(43-39-36-15-12-9-6-3)44-48-64-50-52-66-54-53-65-51-49-63-47-42-59-60-58/h22-25,56H,4-21,26-55H2,1-3H3/b24-22-,25-23-. The number of allylic oxidation sites excluding steroid dienone is 4.